The molecular formula is C14H18OS. The zero-order chi connectivity index (χ0) is 10.8. The standard InChI is InChI=1S/C14H18OS/c15-14(11-4-1-5-12(11)14)10-3-2-6-13-9(10)7-8-16-13/h7-8,10-12,15H,1-6H2. The lowest BCUT2D eigenvalue weighted by Gasteiger charge is -2.30. The van der Waals surface area contributed by atoms with Gasteiger partial charge in [0.2, 0.25) is 0 Å². The highest BCUT2D eigenvalue weighted by Gasteiger charge is 2.68. The minimum absolute atomic E-state index is 0.297. The molecule has 2 fully saturated rings. The Balaban J connectivity index is 1.71. The molecule has 3 aliphatic rings. The molecule has 1 aromatic heterocycles. The summed E-state index contributed by atoms with van der Waals surface area (Å²) >= 11 is 1.89. The molecule has 0 aliphatic heterocycles. The van der Waals surface area contributed by atoms with Gasteiger partial charge in [0.05, 0.1) is 5.60 Å². The Kier molecular flexibility index (Phi) is 1.88. The van der Waals surface area contributed by atoms with Crippen molar-refractivity contribution in [1.82, 2.24) is 0 Å². The minimum Gasteiger partial charge on any atom is -0.389 e. The van der Waals surface area contributed by atoms with Crippen LogP contribution in [-0.4, -0.2) is 10.7 Å². The van der Waals surface area contributed by atoms with E-state index in [0.717, 1.165) is 0 Å². The summed E-state index contributed by atoms with van der Waals surface area (Å²) in [5, 5.41) is 13.1. The fraction of sp³-hybridized carbons (Fsp3) is 0.714. The summed E-state index contributed by atoms with van der Waals surface area (Å²) in [6.45, 7) is 0. The fourth-order valence-electron chi connectivity index (χ4n) is 4.45. The zero-order valence-corrected chi connectivity index (χ0v) is 10.3. The Bertz CT molecular complexity index is 412. The van der Waals surface area contributed by atoms with Crippen LogP contribution in [0.3, 0.4) is 0 Å². The van der Waals surface area contributed by atoms with E-state index in [0.29, 0.717) is 17.8 Å². The van der Waals surface area contributed by atoms with Gasteiger partial charge in [-0.2, -0.15) is 0 Å². The molecule has 0 aromatic carbocycles. The molecule has 0 amide bonds. The molecule has 3 atom stereocenters. The summed E-state index contributed by atoms with van der Waals surface area (Å²) in [7, 11) is 0. The second-order valence-corrected chi connectivity index (χ2v) is 6.78. The molecule has 4 rings (SSSR count). The van der Waals surface area contributed by atoms with Gasteiger partial charge >= 0.3 is 0 Å². The van der Waals surface area contributed by atoms with Crippen LogP contribution in [-0.2, 0) is 6.42 Å². The van der Waals surface area contributed by atoms with Crippen LogP contribution in [0.4, 0.5) is 0 Å². The molecule has 2 saturated carbocycles. The molecule has 3 aliphatic carbocycles. The van der Waals surface area contributed by atoms with E-state index in [1.165, 1.54) is 44.1 Å². The van der Waals surface area contributed by atoms with Gasteiger partial charge in [-0.05, 0) is 60.9 Å². The van der Waals surface area contributed by atoms with Crippen LogP contribution in [0, 0.1) is 11.8 Å². The molecule has 86 valence electrons. The predicted molar refractivity (Wildman–Crippen MR) is 65.8 cm³/mol. The average molecular weight is 234 g/mol. The molecule has 0 bridgehead atoms. The van der Waals surface area contributed by atoms with Gasteiger partial charge in [-0.25, -0.2) is 0 Å². The average Bonchev–Trinajstić information content (AvgIpc) is 2.80. The van der Waals surface area contributed by atoms with E-state index in [1.54, 1.807) is 4.88 Å². The summed E-state index contributed by atoms with van der Waals surface area (Å²) in [6, 6.07) is 2.27. The quantitative estimate of drug-likeness (QED) is 0.790. The van der Waals surface area contributed by atoms with Crippen molar-refractivity contribution in [1.29, 1.82) is 0 Å². The van der Waals surface area contributed by atoms with Crippen LogP contribution in [0.2, 0.25) is 0 Å². The summed E-state index contributed by atoms with van der Waals surface area (Å²) < 4.78 is 0. The molecular weight excluding hydrogens is 216 g/mol. The minimum atomic E-state index is -0.297. The van der Waals surface area contributed by atoms with E-state index < -0.39 is 0 Å². The molecule has 1 nitrogen and oxygen atoms in total. The van der Waals surface area contributed by atoms with Gasteiger partial charge in [0.15, 0.2) is 0 Å². The van der Waals surface area contributed by atoms with Crippen molar-refractivity contribution in [3.8, 4) is 0 Å². The molecule has 0 spiro atoms. The van der Waals surface area contributed by atoms with Gasteiger partial charge in [0.25, 0.3) is 0 Å². The van der Waals surface area contributed by atoms with Gasteiger partial charge < -0.3 is 5.11 Å². The first kappa shape index (κ1) is 9.67. The predicted octanol–water partition coefficient (Wildman–Crippen LogP) is 3.33. The van der Waals surface area contributed by atoms with Gasteiger partial charge in [0.1, 0.15) is 0 Å². The molecule has 2 heteroatoms. The van der Waals surface area contributed by atoms with Crippen molar-refractivity contribution in [2.75, 3.05) is 0 Å². The molecule has 16 heavy (non-hydrogen) atoms. The van der Waals surface area contributed by atoms with Crippen molar-refractivity contribution < 1.29 is 5.11 Å². The first-order valence-electron chi connectivity index (χ1n) is 6.60. The van der Waals surface area contributed by atoms with Crippen molar-refractivity contribution >= 4 is 11.3 Å². The molecule has 0 saturated heterocycles. The number of rotatable bonds is 1. The van der Waals surface area contributed by atoms with E-state index in [2.05, 4.69) is 11.4 Å². The van der Waals surface area contributed by atoms with E-state index in [4.69, 9.17) is 0 Å². The lowest BCUT2D eigenvalue weighted by atomic mass is 9.79. The number of fused-ring (bicyclic) bond motifs is 2. The summed E-state index contributed by atoms with van der Waals surface area (Å²) in [5.74, 6) is 1.75. The number of hydrogen-bond donors (Lipinski definition) is 1. The SMILES string of the molecule is OC1(C2CCCc3sccc32)C2CCCC21. The van der Waals surface area contributed by atoms with Crippen LogP contribution in [0.15, 0.2) is 11.4 Å². The Hall–Kier alpha value is -0.340. The third-order valence-electron chi connectivity index (χ3n) is 5.20. The molecule has 1 N–H and O–H groups in total. The van der Waals surface area contributed by atoms with E-state index in [1.807, 2.05) is 11.3 Å². The highest BCUT2D eigenvalue weighted by atomic mass is 32.1. The first-order chi connectivity index (χ1) is 7.82. The third-order valence-corrected chi connectivity index (χ3v) is 6.20. The van der Waals surface area contributed by atoms with E-state index in [9.17, 15) is 5.11 Å². The molecule has 1 heterocycles. The lowest BCUT2D eigenvalue weighted by Crippen LogP contribution is -2.28. The highest BCUT2D eigenvalue weighted by Crippen LogP contribution is 2.67. The largest absolute Gasteiger partial charge is 0.389 e. The maximum atomic E-state index is 10.9. The van der Waals surface area contributed by atoms with Gasteiger partial charge in [0, 0.05) is 10.8 Å². The smallest absolute Gasteiger partial charge is 0.0779 e. The van der Waals surface area contributed by atoms with Crippen LogP contribution in [0.25, 0.3) is 0 Å². The summed E-state index contributed by atoms with van der Waals surface area (Å²) in [4.78, 5) is 1.55. The van der Waals surface area contributed by atoms with Gasteiger partial charge in [-0.1, -0.05) is 6.42 Å². The second kappa shape index (κ2) is 3.11. The number of hydrogen-bond acceptors (Lipinski definition) is 2. The summed E-state index contributed by atoms with van der Waals surface area (Å²) in [6.07, 6.45) is 7.64. The maximum absolute atomic E-state index is 10.9. The molecule has 1 aromatic rings. The molecule has 0 radical (unpaired) electrons. The Morgan fingerprint density at radius 2 is 2.00 bits per heavy atom. The first-order valence-corrected chi connectivity index (χ1v) is 7.48. The van der Waals surface area contributed by atoms with Crippen LogP contribution in [0.5, 0.6) is 0 Å². The zero-order valence-electron chi connectivity index (χ0n) is 9.48. The van der Waals surface area contributed by atoms with Crippen molar-refractivity contribution in [2.45, 2.75) is 50.0 Å². The Morgan fingerprint density at radius 3 is 2.81 bits per heavy atom. The number of aliphatic hydroxyl groups is 1. The fourth-order valence-corrected chi connectivity index (χ4v) is 5.44. The van der Waals surface area contributed by atoms with E-state index >= 15 is 0 Å². The maximum Gasteiger partial charge on any atom is 0.0779 e. The van der Waals surface area contributed by atoms with Crippen molar-refractivity contribution in [3.63, 3.8) is 0 Å². The second-order valence-electron chi connectivity index (χ2n) is 5.78. The topological polar surface area (TPSA) is 20.2 Å². The monoisotopic (exact) mass is 234 g/mol. The molecule has 3 unspecified atom stereocenters. The Morgan fingerprint density at radius 1 is 1.19 bits per heavy atom. The third kappa shape index (κ3) is 1.05. The number of thiophene rings is 1. The van der Waals surface area contributed by atoms with E-state index in [-0.39, 0.29) is 5.60 Å². The van der Waals surface area contributed by atoms with Gasteiger partial charge in [-0.3, -0.25) is 0 Å². The van der Waals surface area contributed by atoms with Crippen molar-refractivity contribution in [2.24, 2.45) is 11.8 Å². The number of aryl methyl sites for hydroxylation is 1. The normalized spacial score (nSPS) is 45.2. The lowest BCUT2D eigenvalue weighted by molar-refractivity contribution is 0.0694. The summed E-state index contributed by atoms with van der Waals surface area (Å²) in [5.41, 5.74) is 1.20. The Labute approximate surface area is 100 Å². The van der Waals surface area contributed by atoms with Crippen LogP contribution >= 0.6 is 11.3 Å². The van der Waals surface area contributed by atoms with Crippen molar-refractivity contribution in [3.05, 3.63) is 21.9 Å². The van der Waals surface area contributed by atoms with Gasteiger partial charge in [-0.15, -0.1) is 11.3 Å². The van der Waals surface area contributed by atoms with Crippen LogP contribution in [0.1, 0.15) is 48.5 Å². The highest BCUT2D eigenvalue weighted by molar-refractivity contribution is 7.10. The van der Waals surface area contributed by atoms with Crippen LogP contribution < -0.4 is 0 Å².